The van der Waals surface area contributed by atoms with Crippen LogP contribution in [0.4, 0.5) is 0 Å². The Morgan fingerprint density at radius 1 is 1.19 bits per heavy atom. The van der Waals surface area contributed by atoms with E-state index in [2.05, 4.69) is 10.3 Å². The molecule has 2 aliphatic carbocycles. The van der Waals surface area contributed by atoms with Crippen LogP contribution in [-0.4, -0.2) is 28.9 Å². The van der Waals surface area contributed by atoms with Crippen LogP contribution in [0, 0.1) is 5.41 Å². The number of hydrogen-bond donors (Lipinski definition) is 2. The molecule has 2 saturated carbocycles. The zero-order valence-corrected chi connectivity index (χ0v) is 15.1. The molecule has 6 nitrogen and oxygen atoms in total. The zero-order chi connectivity index (χ0) is 18.9. The number of amides is 2. The summed E-state index contributed by atoms with van der Waals surface area (Å²) in [6.07, 6.45) is 5.84. The normalized spacial score (nSPS) is 22.5. The molecule has 27 heavy (non-hydrogen) atoms. The fourth-order valence-electron chi connectivity index (χ4n) is 4.14. The summed E-state index contributed by atoms with van der Waals surface area (Å²) in [5, 5.41) is 3.05. The number of benzene rings is 1. The first-order valence-electron chi connectivity index (χ1n) is 9.30. The van der Waals surface area contributed by atoms with E-state index in [0.717, 1.165) is 24.8 Å². The first-order valence-corrected chi connectivity index (χ1v) is 9.30. The lowest BCUT2D eigenvalue weighted by Crippen LogP contribution is -2.66. The Morgan fingerprint density at radius 2 is 1.96 bits per heavy atom. The smallest absolute Gasteiger partial charge is 0.270 e. The number of carbonyl (C=O) groups is 2. The number of aromatic nitrogens is 1. The molecule has 0 aliphatic heterocycles. The Hall–Kier alpha value is -2.73. The number of nitrogens with two attached hydrogens (primary N) is 1. The van der Waals surface area contributed by atoms with Crippen LogP contribution in [-0.2, 0) is 11.3 Å². The lowest BCUT2D eigenvalue weighted by molar-refractivity contribution is -0.176. The number of hydrogen-bond acceptors (Lipinski definition) is 4. The molecule has 1 aromatic heterocycles. The number of rotatable bonds is 6. The minimum absolute atomic E-state index is 0.0147. The highest BCUT2D eigenvalue weighted by atomic mass is 16.5. The van der Waals surface area contributed by atoms with Crippen molar-refractivity contribution in [2.75, 3.05) is 0 Å². The van der Waals surface area contributed by atoms with Crippen LogP contribution < -0.4 is 11.1 Å². The number of carbonyl (C=O) groups excluding carboxylic acids is 2. The van der Waals surface area contributed by atoms with Gasteiger partial charge in [0.2, 0.25) is 5.91 Å². The molecule has 0 saturated heterocycles. The molecule has 2 fully saturated rings. The Labute approximate surface area is 158 Å². The molecule has 1 spiro atoms. The average molecular weight is 365 g/mol. The molecule has 2 aliphatic rings. The molecule has 1 heterocycles. The SMILES string of the molecule is NC(=O)c1ccc(C(=O)NC2CC3(CCC3)C2OCc2ccccc2)nc1. The van der Waals surface area contributed by atoms with Gasteiger partial charge in [-0.2, -0.15) is 0 Å². The number of ether oxygens (including phenoxy) is 1. The quantitative estimate of drug-likeness (QED) is 0.822. The highest BCUT2D eigenvalue weighted by molar-refractivity contribution is 5.95. The van der Waals surface area contributed by atoms with Crippen molar-refractivity contribution in [3.63, 3.8) is 0 Å². The predicted octanol–water partition coefficient (Wildman–Crippen LogP) is 2.44. The van der Waals surface area contributed by atoms with Crippen LogP contribution in [0.25, 0.3) is 0 Å². The third-order valence-electron chi connectivity index (χ3n) is 5.81. The Balaban J connectivity index is 1.39. The van der Waals surface area contributed by atoms with E-state index in [1.54, 1.807) is 0 Å². The molecule has 4 rings (SSSR count). The van der Waals surface area contributed by atoms with E-state index in [4.69, 9.17) is 10.5 Å². The van der Waals surface area contributed by atoms with Gasteiger partial charge in [-0.15, -0.1) is 0 Å². The molecular weight excluding hydrogens is 342 g/mol. The first kappa shape index (κ1) is 17.7. The van der Waals surface area contributed by atoms with E-state index in [1.165, 1.54) is 24.8 Å². The number of pyridine rings is 1. The van der Waals surface area contributed by atoms with Gasteiger partial charge in [-0.05, 0) is 37.0 Å². The summed E-state index contributed by atoms with van der Waals surface area (Å²) < 4.78 is 6.23. The molecule has 2 atom stereocenters. The second-order valence-corrected chi connectivity index (χ2v) is 7.51. The summed E-state index contributed by atoms with van der Waals surface area (Å²) >= 11 is 0. The Bertz CT molecular complexity index is 832. The van der Waals surface area contributed by atoms with Crippen molar-refractivity contribution in [3.05, 3.63) is 65.5 Å². The molecule has 2 aromatic rings. The maximum Gasteiger partial charge on any atom is 0.270 e. The average Bonchev–Trinajstić information content (AvgIpc) is 2.64. The van der Waals surface area contributed by atoms with Gasteiger partial charge < -0.3 is 15.8 Å². The maximum absolute atomic E-state index is 12.5. The lowest BCUT2D eigenvalue weighted by atomic mass is 9.52. The highest BCUT2D eigenvalue weighted by Gasteiger charge is 2.58. The van der Waals surface area contributed by atoms with Crippen molar-refractivity contribution in [2.24, 2.45) is 11.1 Å². The second kappa shape index (κ2) is 7.12. The summed E-state index contributed by atoms with van der Waals surface area (Å²) in [5.41, 5.74) is 7.12. The van der Waals surface area contributed by atoms with Crippen molar-refractivity contribution in [1.29, 1.82) is 0 Å². The van der Waals surface area contributed by atoms with Crippen molar-refractivity contribution in [2.45, 2.75) is 44.4 Å². The van der Waals surface area contributed by atoms with Crippen molar-refractivity contribution in [1.82, 2.24) is 10.3 Å². The minimum atomic E-state index is -0.560. The fourth-order valence-corrected chi connectivity index (χ4v) is 4.14. The topological polar surface area (TPSA) is 94.3 Å². The maximum atomic E-state index is 12.5. The van der Waals surface area contributed by atoms with Crippen molar-refractivity contribution in [3.8, 4) is 0 Å². The van der Waals surface area contributed by atoms with E-state index in [9.17, 15) is 9.59 Å². The van der Waals surface area contributed by atoms with E-state index in [1.807, 2.05) is 30.3 Å². The van der Waals surface area contributed by atoms with Gasteiger partial charge in [-0.25, -0.2) is 0 Å². The van der Waals surface area contributed by atoms with Gasteiger partial charge in [-0.1, -0.05) is 36.8 Å². The zero-order valence-electron chi connectivity index (χ0n) is 15.1. The first-order chi connectivity index (χ1) is 13.1. The second-order valence-electron chi connectivity index (χ2n) is 7.51. The van der Waals surface area contributed by atoms with Crippen LogP contribution in [0.15, 0.2) is 48.7 Å². The molecule has 2 amide bonds. The summed E-state index contributed by atoms with van der Waals surface area (Å²) in [4.78, 5) is 27.7. The van der Waals surface area contributed by atoms with Gasteiger partial charge >= 0.3 is 0 Å². The van der Waals surface area contributed by atoms with Gasteiger partial charge in [0.1, 0.15) is 5.69 Å². The van der Waals surface area contributed by atoms with Gasteiger partial charge in [0.05, 0.1) is 24.3 Å². The van der Waals surface area contributed by atoms with Gasteiger partial charge in [0, 0.05) is 11.6 Å². The minimum Gasteiger partial charge on any atom is -0.371 e. The monoisotopic (exact) mass is 365 g/mol. The summed E-state index contributed by atoms with van der Waals surface area (Å²) in [5.74, 6) is -0.812. The predicted molar refractivity (Wildman–Crippen MR) is 99.9 cm³/mol. The molecule has 0 radical (unpaired) electrons. The Morgan fingerprint density at radius 3 is 2.56 bits per heavy atom. The van der Waals surface area contributed by atoms with E-state index in [0.29, 0.717) is 6.61 Å². The van der Waals surface area contributed by atoms with Crippen molar-refractivity contribution < 1.29 is 14.3 Å². The molecule has 3 N–H and O–H groups in total. The van der Waals surface area contributed by atoms with Crippen molar-refractivity contribution >= 4 is 11.8 Å². The summed E-state index contributed by atoms with van der Waals surface area (Å²) in [7, 11) is 0. The van der Waals surface area contributed by atoms with Crippen LogP contribution in [0.5, 0.6) is 0 Å². The number of nitrogens with one attached hydrogen (secondary N) is 1. The number of primary amides is 1. The molecule has 2 unspecified atom stereocenters. The molecule has 140 valence electrons. The van der Waals surface area contributed by atoms with Gasteiger partial charge in [0.15, 0.2) is 0 Å². The van der Waals surface area contributed by atoms with Crippen LogP contribution in [0.1, 0.15) is 52.1 Å². The third kappa shape index (κ3) is 3.45. The lowest BCUT2D eigenvalue weighted by Gasteiger charge is -2.59. The Kier molecular flexibility index (Phi) is 4.66. The van der Waals surface area contributed by atoms with E-state index < -0.39 is 5.91 Å². The van der Waals surface area contributed by atoms with Gasteiger partial charge in [0.25, 0.3) is 5.91 Å². The molecule has 6 heteroatoms. The van der Waals surface area contributed by atoms with Crippen LogP contribution in [0.2, 0.25) is 0 Å². The summed E-state index contributed by atoms with van der Waals surface area (Å²) in [6.45, 7) is 0.547. The summed E-state index contributed by atoms with van der Waals surface area (Å²) in [6, 6.07) is 13.1. The fraction of sp³-hybridized carbons (Fsp3) is 0.381. The van der Waals surface area contributed by atoms with Crippen LogP contribution >= 0.6 is 0 Å². The number of nitrogens with zero attached hydrogens (tertiary/aromatic N) is 1. The molecule has 1 aromatic carbocycles. The van der Waals surface area contributed by atoms with E-state index in [-0.39, 0.29) is 34.7 Å². The standard InChI is InChI=1S/C21H23N3O3/c22-19(25)15-7-8-16(23-12-15)20(26)24-17-11-21(9-4-10-21)18(17)27-13-14-5-2-1-3-6-14/h1-3,5-8,12,17-18H,4,9-11,13H2,(H2,22,25)(H,24,26). The highest BCUT2D eigenvalue weighted by Crippen LogP contribution is 2.57. The van der Waals surface area contributed by atoms with Gasteiger partial charge in [-0.3, -0.25) is 14.6 Å². The largest absolute Gasteiger partial charge is 0.371 e. The van der Waals surface area contributed by atoms with Crippen LogP contribution in [0.3, 0.4) is 0 Å². The molecule has 0 bridgehead atoms. The molecular formula is C21H23N3O3. The van der Waals surface area contributed by atoms with E-state index >= 15 is 0 Å². The third-order valence-corrected chi connectivity index (χ3v) is 5.81.